The third-order valence-electron chi connectivity index (χ3n) is 13.7. The standard InChI is InChI=1S/C46H54/c1-3-33-21-25-35(26-22-33)31-45(41-17-9-5-13-37(41)38-14-6-10-18-42(38)45)29-30-46(32-36-27-23-34(4-2)24-28-36)43-19-11-7-15-39(43)40-16-8-12-20-44(40)46/h5-20,33-36H,3-4,21-32H2,1-2H3. The fraction of sp³-hybridized carbons (Fsp3) is 0.478. The zero-order chi connectivity index (χ0) is 31.1. The van der Waals surface area contributed by atoms with Gasteiger partial charge >= 0.3 is 0 Å². The van der Waals surface area contributed by atoms with Crippen LogP contribution in [0, 0.1) is 23.7 Å². The van der Waals surface area contributed by atoms with Gasteiger partial charge in [0, 0.05) is 10.8 Å². The van der Waals surface area contributed by atoms with Gasteiger partial charge in [-0.1, -0.05) is 175 Å². The van der Waals surface area contributed by atoms with Gasteiger partial charge in [-0.15, -0.1) is 0 Å². The summed E-state index contributed by atoms with van der Waals surface area (Å²) < 4.78 is 0. The Morgan fingerprint density at radius 3 is 0.935 bits per heavy atom. The van der Waals surface area contributed by atoms with Crippen LogP contribution in [0.1, 0.15) is 126 Å². The second-order valence-corrected chi connectivity index (χ2v) is 15.8. The normalized spacial score (nSPS) is 25.3. The Morgan fingerprint density at radius 2 is 0.652 bits per heavy atom. The minimum absolute atomic E-state index is 0.0796. The molecule has 4 aromatic carbocycles. The van der Waals surface area contributed by atoms with Crippen molar-refractivity contribution in [2.75, 3.05) is 0 Å². The molecule has 0 radical (unpaired) electrons. The minimum Gasteiger partial charge on any atom is -0.0651 e. The largest absolute Gasteiger partial charge is 0.0651 e. The van der Waals surface area contributed by atoms with Crippen molar-refractivity contribution in [2.45, 2.75) is 115 Å². The van der Waals surface area contributed by atoms with Gasteiger partial charge < -0.3 is 0 Å². The lowest BCUT2D eigenvalue weighted by Gasteiger charge is -2.43. The summed E-state index contributed by atoms with van der Waals surface area (Å²) in [6, 6.07) is 38.2. The Kier molecular flexibility index (Phi) is 8.20. The molecular formula is C46H54. The van der Waals surface area contributed by atoms with E-state index in [2.05, 4.69) is 111 Å². The van der Waals surface area contributed by atoms with Crippen molar-refractivity contribution < 1.29 is 0 Å². The van der Waals surface area contributed by atoms with Crippen molar-refractivity contribution in [3.8, 4) is 22.3 Å². The predicted molar refractivity (Wildman–Crippen MR) is 195 cm³/mol. The fourth-order valence-corrected chi connectivity index (χ4v) is 11.1. The molecule has 0 spiro atoms. The van der Waals surface area contributed by atoms with E-state index in [1.165, 1.54) is 112 Å². The van der Waals surface area contributed by atoms with Crippen molar-refractivity contribution in [1.82, 2.24) is 0 Å². The summed E-state index contributed by atoms with van der Waals surface area (Å²) in [7, 11) is 0. The summed E-state index contributed by atoms with van der Waals surface area (Å²) in [6.45, 7) is 4.81. The highest BCUT2D eigenvalue weighted by Crippen LogP contribution is 2.60. The second kappa shape index (κ2) is 12.5. The smallest absolute Gasteiger partial charge is 0.0218 e. The molecule has 0 heterocycles. The molecule has 8 rings (SSSR count). The highest BCUT2D eigenvalue weighted by atomic mass is 14.5. The Hall–Kier alpha value is -3.12. The van der Waals surface area contributed by atoms with Crippen molar-refractivity contribution >= 4 is 0 Å². The Bertz CT molecular complexity index is 1440. The lowest BCUT2D eigenvalue weighted by molar-refractivity contribution is 0.202. The minimum atomic E-state index is 0.0796. The van der Waals surface area contributed by atoms with E-state index in [1.807, 2.05) is 0 Å². The first-order valence-electron chi connectivity index (χ1n) is 19.0. The zero-order valence-corrected chi connectivity index (χ0v) is 28.4. The topological polar surface area (TPSA) is 0 Å². The molecule has 2 saturated carbocycles. The number of fused-ring (bicyclic) bond motifs is 6. The van der Waals surface area contributed by atoms with Crippen molar-refractivity contribution in [2.24, 2.45) is 23.7 Å². The van der Waals surface area contributed by atoms with E-state index < -0.39 is 0 Å². The van der Waals surface area contributed by atoms with Crippen LogP contribution in [0.3, 0.4) is 0 Å². The molecular weight excluding hydrogens is 553 g/mol. The molecule has 0 atom stereocenters. The van der Waals surface area contributed by atoms with Crippen LogP contribution in [0.2, 0.25) is 0 Å². The first-order valence-corrected chi connectivity index (χ1v) is 19.0. The van der Waals surface area contributed by atoms with Gasteiger partial charge in [0.1, 0.15) is 0 Å². The molecule has 0 nitrogen and oxygen atoms in total. The molecule has 0 N–H and O–H groups in total. The third kappa shape index (κ3) is 5.01. The van der Waals surface area contributed by atoms with E-state index >= 15 is 0 Å². The van der Waals surface area contributed by atoms with Gasteiger partial charge in [-0.3, -0.25) is 0 Å². The Balaban J connectivity index is 1.23. The molecule has 4 aliphatic rings. The van der Waals surface area contributed by atoms with Crippen LogP contribution in [-0.2, 0) is 10.8 Å². The van der Waals surface area contributed by atoms with E-state index in [9.17, 15) is 0 Å². The summed E-state index contributed by atoms with van der Waals surface area (Å²) in [6.07, 6.45) is 19.1. The predicted octanol–water partition coefficient (Wildman–Crippen LogP) is 12.9. The van der Waals surface area contributed by atoms with E-state index in [0.29, 0.717) is 0 Å². The summed E-state index contributed by atoms with van der Waals surface area (Å²) in [4.78, 5) is 0. The first-order chi connectivity index (χ1) is 22.6. The molecule has 238 valence electrons. The molecule has 0 aliphatic heterocycles. The maximum atomic E-state index is 2.52. The maximum absolute atomic E-state index is 2.52. The fourth-order valence-electron chi connectivity index (χ4n) is 11.1. The van der Waals surface area contributed by atoms with Gasteiger partial charge in [0.2, 0.25) is 0 Å². The Labute approximate surface area is 279 Å². The molecule has 2 fully saturated rings. The average Bonchev–Trinajstić information content (AvgIpc) is 3.56. The molecule has 46 heavy (non-hydrogen) atoms. The van der Waals surface area contributed by atoms with Crippen LogP contribution in [-0.4, -0.2) is 0 Å². The molecule has 0 unspecified atom stereocenters. The summed E-state index contributed by atoms with van der Waals surface area (Å²) in [5, 5.41) is 0. The van der Waals surface area contributed by atoms with Crippen LogP contribution in [0.5, 0.6) is 0 Å². The lowest BCUT2D eigenvalue weighted by Crippen LogP contribution is -2.36. The van der Waals surface area contributed by atoms with E-state index in [-0.39, 0.29) is 10.8 Å². The van der Waals surface area contributed by atoms with Crippen molar-refractivity contribution in [3.63, 3.8) is 0 Å². The average molecular weight is 607 g/mol. The molecule has 0 bridgehead atoms. The van der Waals surface area contributed by atoms with Gasteiger partial charge in [0.15, 0.2) is 0 Å². The number of rotatable bonds is 9. The van der Waals surface area contributed by atoms with E-state index in [4.69, 9.17) is 0 Å². The lowest BCUT2D eigenvalue weighted by atomic mass is 9.60. The monoisotopic (exact) mass is 606 g/mol. The van der Waals surface area contributed by atoms with Crippen LogP contribution >= 0.6 is 0 Å². The van der Waals surface area contributed by atoms with Crippen LogP contribution < -0.4 is 0 Å². The summed E-state index contributed by atoms with van der Waals surface area (Å²) >= 11 is 0. The van der Waals surface area contributed by atoms with Crippen molar-refractivity contribution in [3.05, 3.63) is 119 Å². The van der Waals surface area contributed by atoms with Gasteiger partial charge in [-0.2, -0.15) is 0 Å². The first kappa shape index (κ1) is 30.2. The van der Waals surface area contributed by atoms with Crippen LogP contribution in [0.25, 0.3) is 22.3 Å². The highest BCUT2D eigenvalue weighted by molar-refractivity contribution is 5.82. The number of hydrogen-bond acceptors (Lipinski definition) is 0. The third-order valence-corrected chi connectivity index (χ3v) is 13.7. The molecule has 0 aromatic heterocycles. The summed E-state index contributed by atoms with van der Waals surface area (Å²) in [5.41, 5.74) is 12.6. The number of benzene rings is 4. The van der Waals surface area contributed by atoms with Crippen LogP contribution in [0.4, 0.5) is 0 Å². The van der Waals surface area contributed by atoms with Gasteiger partial charge in [-0.25, -0.2) is 0 Å². The molecule has 0 amide bonds. The maximum Gasteiger partial charge on any atom is 0.0218 e. The SMILES string of the molecule is CCC1CCC(CC2(CCC3(CC4CCC(CC)CC4)c4ccccc4-c4ccccc43)c3ccccc3-c3ccccc32)CC1. The quantitative estimate of drug-likeness (QED) is 0.178. The van der Waals surface area contributed by atoms with Gasteiger partial charge in [0.05, 0.1) is 0 Å². The molecule has 0 heteroatoms. The summed E-state index contributed by atoms with van der Waals surface area (Å²) in [5.74, 6) is 3.50. The Morgan fingerprint density at radius 1 is 0.391 bits per heavy atom. The molecule has 4 aliphatic carbocycles. The van der Waals surface area contributed by atoms with E-state index in [0.717, 1.165) is 23.7 Å². The molecule has 0 saturated heterocycles. The second-order valence-electron chi connectivity index (χ2n) is 15.8. The zero-order valence-electron chi connectivity index (χ0n) is 28.4. The number of hydrogen-bond donors (Lipinski definition) is 0. The van der Waals surface area contributed by atoms with Crippen molar-refractivity contribution in [1.29, 1.82) is 0 Å². The molecule has 4 aromatic rings. The van der Waals surface area contributed by atoms with E-state index in [1.54, 1.807) is 22.3 Å². The van der Waals surface area contributed by atoms with Crippen LogP contribution in [0.15, 0.2) is 97.1 Å². The van der Waals surface area contributed by atoms with Gasteiger partial charge in [-0.05, 0) is 93.9 Å². The van der Waals surface area contributed by atoms with Gasteiger partial charge in [0.25, 0.3) is 0 Å². The highest BCUT2D eigenvalue weighted by Gasteiger charge is 2.49.